The molecule has 1 aliphatic rings. The first-order chi connectivity index (χ1) is 7.22. The number of rotatable bonds is 6. The van der Waals surface area contributed by atoms with Gasteiger partial charge in [0.1, 0.15) is 0 Å². The van der Waals surface area contributed by atoms with Crippen molar-refractivity contribution in [3.05, 3.63) is 36.5 Å². The molecule has 1 heterocycles. The lowest BCUT2D eigenvalue weighted by Gasteiger charge is -2.14. The average molecular weight is 205 g/mol. The summed E-state index contributed by atoms with van der Waals surface area (Å²) in [5.74, 6) is 0. The largest absolute Gasteiger partial charge is 0.299 e. The van der Waals surface area contributed by atoms with Crippen LogP contribution in [0.2, 0.25) is 0 Å². The molecule has 1 nitrogen and oxygen atoms in total. The number of hydrogen-bond donors (Lipinski definition) is 0. The summed E-state index contributed by atoms with van der Waals surface area (Å²) in [5.41, 5.74) is 2.63. The molecule has 0 amide bonds. The van der Waals surface area contributed by atoms with Gasteiger partial charge in [-0.25, -0.2) is 0 Å². The Hall–Kier alpha value is -0.820. The molecular weight excluding hydrogens is 182 g/mol. The predicted molar refractivity (Wildman–Crippen MR) is 68.0 cm³/mol. The Morgan fingerprint density at radius 3 is 2.60 bits per heavy atom. The summed E-state index contributed by atoms with van der Waals surface area (Å²) in [6.45, 7) is 13.6. The minimum absolute atomic E-state index is 1.04. The quantitative estimate of drug-likeness (QED) is 0.473. The highest BCUT2D eigenvalue weighted by Crippen LogP contribution is 2.11. The van der Waals surface area contributed by atoms with Crippen molar-refractivity contribution in [2.75, 3.05) is 19.6 Å². The monoisotopic (exact) mass is 205 g/mol. The molecule has 0 aromatic carbocycles. The molecule has 1 rings (SSSR count). The number of likely N-dealkylation sites (tertiary alicyclic amines) is 1. The van der Waals surface area contributed by atoms with Crippen LogP contribution in [0.1, 0.15) is 32.6 Å². The van der Waals surface area contributed by atoms with E-state index in [2.05, 4.69) is 31.1 Å². The maximum Gasteiger partial charge on any atom is 0.0190 e. The lowest BCUT2D eigenvalue weighted by molar-refractivity contribution is 0.368. The number of nitrogens with zero attached hydrogens (tertiary/aromatic N) is 1. The number of allylic oxidation sites excluding steroid dienone is 3. The smallest absolute Gasteiger partial charge is 0.0190 e. The maximum atomic E-state index is 3.92. The average Bonchev–Trinajstić information content (AvgIpc) is 2.70. The van der Waals surface area contributed by atoms with E-state index in [1.165, 1.54) is 31.5 Å². The van der Waals surface area contributed by atoms with Crippen molar-refractivity contribution in [1.82, 2.24) is 4.90 Å². The molecule has 84 valence electrons. The van der Waals surface area contributed by atoms with Crippen molar-refractivity contribution in [2.24, 2.45) is 0 Å². The zero-order valence-corrected chi connectivity index (χ0v) is 9.97. The summed E-state index contributed by atoms with van der Waals surface area (Å²) in [6.07, 6.45) is 9.09. The predicted octanol–water partition coefficient (Wildman–Crippen LogP) is 3.55. The van der Waals surface area contributed by atoms with Crippen molar-refractivity contribution >= 4 is 0 Å². The Kier molecular flexibility index (Phi) is 5.41. The Morgan fingerprint density at radius 1 is 1.33 bits per heavy atom. The fourth-order valence-electron chi connectivity index (χ4n) is 1.96. The van der Waals surface area contributed by atoms with Crippen LogP contribution in [0.5, 0.6) is 0 Å². The van der Waals surface area contributed by atoms with E-state index in [1.54, 1.807) is 0 Å². The summed E-state index contributed by atoms with van der Waals surface area (Å²) in [7, 11) is 0. The van der Waals surface area contributed by atoms with Gasteiger partial charge in [0, 0.05) is 6.54 Å². The van der Waals surface area contributed by atoms with Crippen LogP contribution in [0.3, 0.4) is 0 Å². The fourth-order valence-corrected chi connectivity index (χ4v) is 1.96. The molecule has 0 radical (unpaired) electrons. The molecule has 0 saturated carbocycles. The lowest BCUT2D eigenvalue weighted by Crippen LogP contribution is -2.21. The van der Waals surface area contributed by atoms with E-state index >= 15 is 0 Å². The van der Waals surface area contributed by atoms with E-state index in [0.717, 1.165) is 25.0 Å². The van der Waals surface area contributed by atoms with Crippen LogP contribution in [0.25, 0.3) is 0 Å². The summed E-state index contributed by atoms with van der Waals surface area (Å²) in [5, 5.41) is 0. The van der Waals surface area contributed by atoms with Crippen molar-refractivity contribution in [1.29, 1.82) is 0 Å². The minimum atomic E-state index is 1.04. The first-order valence-corrected chi connectivity index (χ1v) is 5.90. The van der Waals surface area contributed by atoms with Gasteiger partial charge in [0.05, 0.1) is 0 Å². The molecule has 1 aliphatic heterocycles. The van der Waals surface area contributed by atoms with Gasteiger partial charge >= 0.3 is 0 Å². The van der Waals surface area contributed by atoms with Gasteiger partial charge in [-0.15, -0.1) is 0 Å². The maximum absolute atomic E-state index is 3.92. The molecule has 0 aromatic heterocycles. The molecule has 15 heavy (non-hydrogen) atoms. The molecule has 0 spiro atoms. The molecule has 0 N–H and O–H groups in total. The van der Waals surface area contributed by atoms with Crippen molar-refractivity contribution in [3.8, 4) is 0 Å². The molecule has 0 bridgehead atoms. The van der Waals surface area contributed by atoms with Gasteiger partial charge in [0.15, 0.2) is 0 Å². The van der Waals surface area contributed by atoms with Gasteiger partial charge in [-0.1, -0.05) is 36.5 Å². The summed E-state index contributed by atoms with van der Waals surface area (Å²) in [4.78, 5) is 2.54. The van der Waals surface area contributed by atoms with E-state index in [1.807, 2.05) is 6.08 Å². The third-order valence-electron chi connectivity index (χ3n) is 2.92. The standard InChI is InChI=1S/C14H23N/c1-4-13(2)8-7-9-14(3)12-15-10-5-6-11-15/h4,9H,1-2,5-8,10-12H2,3H3/b14-9+. The van der Waals surface area contributed by atoms with Crippen LogP contribution in [-0.2, 0) is 0 Å². The number of hydrogen-bond acceptors (Lipinski definition) is 1. The molecule has 0 aliphatic carbocycles. The Morgan fingerprint density at radius 2 is 2.00 bits per heavy atom. The second kappa shape index (κ2) is 6.62. The minimum Gasteiger partial charge on any atom is -0.299 e. The van der Waals surface area contributed by atoms with Gasteiger partial charge in [-0.3, -0.25) is 4.90 Å². The topological polar surface area (TPSA) is 3.24 Å². The lowest BCUT2D eigenvalue weighted by atomic mass is 10.1. The third kappa shape index (κ3) is 4.98. The summed E-state index contributed by atoms with van der Waals surface area (Å²) in [6, 6.07) is 0. The van der Waals surface area contributed by atoms with Crippen molar-refractivity contribution < 1.29 is 0 Å². The van der Waals surface area contributed by atoms with Crippen LogP contribution in [0, 0.1) is 0 Å². The van der Waals surface area contributed by atoms with E-state index < -0.39 is 0 Å². The third-order valence-corrected chi connectivity index (χ3v) is 2.92. The summed E-state index contributed by atoms with van der Waals surface area (Å²) >= 11 is 0. The van der Waals surface area contributed by atoms with Crippen LogP contribution < -0.4 is 0 Å². The Bertz CT molecular complexity index is 244. The molecule has 1 fully saturated rings. The zero-order valence-electron chi connectivity index (χ0n) is 9.97. The SMILES string of the molecule is C=CC(=C)CC/C=C(\C)CN1CCCC1. The highest BCUT2D eigenvalue weighted by atomic mass is 15.1. The highest BCUT2D eigenvalue weighted by molar-refractivity contribution is 5.12. The highest BCUT2D eigenvalue weighted by Gasteiger charge is 2.10. The van der Waals surface area contributed by atoms with Crippen LogP contribution in [0.15, 0.2) is 36.5 Å². The zero-order chi connectivity index (χ0) is 11.1. The Balaban J connectivity index is 2.20. The van der Waals surface area contributed by atoms with E-state index in [-0.39, 0.29) is 0 Å². The van der Waals surface area contributed by atoms with Crippen LogP contribution in [-0.4, -0.2) is 24.5 Å². The fraction of sp³-hybridized carbons (Fsp3) is 0.571. The van der Waals surface area contributed by atoms with Crippen LogP contribution >= 0.6 is 0 Å². The van der Waals surface area contributed by atoms with E-state index in [0.29, 0.717) is 0 Å². The van der Waals surface area contributed by atoms with Gasteiger partial charge in [0.2, 0.25) is 0 Å². The normalized spacial score (nSPS) is 18.1. The van der Waals surface area contributed by atoms with Gasteiger partial charge < -0.3 is 0 Å². The van der Waals surface area contributed by atoms with Crippen molar-refractivity contribution in [3.63, 3.8) is 0 Å². The molecular formula is C14H23N. The van der Waals surface area contributed by atoms with Crippen LogP contribution in [0.4, 0.5) is 0 Å². The molecule has 1 heteroatoms. The van der Waals surface area contributed by atoms with Gasteiger partial charge in [-0.2, -0.15) is 0 Å². The molecule has 1 saturated heterocycles. The van der Waals surface area contributed by atoms with Gasteiger partial charge in [-0.05, 0) is 45.7 Å². The molecule has 0 unspecified atom stereocenters. The van der Waals surface area contributed by atoms with Gasteiger partial charge in [0.25, 0.3) is 0 Å². The molecule has 0 aromatic rings. The Labute approximate surface area is 94.2 Å². The van der Waals surface area contributed by atoms with Crippen molar-refractivity contribution in [2.45, 2.75) is 32.6 Å². The molecule has 0 atom stereocenters. The first kappa shape index (κ1) is 12.3. The summed E-state index contributed by atoms with van der Waals surface area (Å²) < 4.78 is 0. The van der Waals surface area contributed by atoms with E-state index in [9.17, 15) is 0 Å². The second-order valence-corrected chi connectivity index (χ2v) is 4.43. The van der Waals surface area contributed by atoms with E-state index in [4.69, 9.17) is 0 Å². The second-order valence-electron chi connectivity index (χ2n) is 4.43. The first-order valence-electron chi connectivity index (χ1n) is 5.90.